The number of para-hydroxylation sites is 1. The summed E-state index contributed by atoms with van der Waals surface area (Å²) >= 11 is 0. The number of aromatic nitrogens is 2. The van der Waals surface area contributed by atoms with Crippen LogP contribution in [0.3, 0.4) is 0 Å². The third kappa shape index (κ3) is 4.74. The number of nitrogens with one attached hydrogen (secondary N) is 2. The van der Waals surface area contributed by atoms with Crippen LogP contribution in [0.5, 0.6) is 5.75 Å². The Hall–Kier alpha value is -2.54. The number of urea groups is 1. The van der Waals surface area contributed by atoms with E-state index in [0.29, 0.717) is 23.9 Å². The molecule has 7 heteroatoms. The first-order valence-electron chi connectivity index (χ1n) is 12.6. The predicted octanol–water partition coefficient (Wildman–Crippen LogP) is 3.91. The molecule has 4 fully saturated rings. The van der Waals surface area contributed by atoms with Crippen LogP contribution in [0.15, 0.2) is 30.3 Å². The summed E-state index contributed by atoms with van der Waals surface area (Å²) < 4.78 is 7.61. The molecule has 4 atom stereocenters. The highest BCUT2D eigenvalue weighted by Gasteiger charge is 2.42. The molecule has 4 aliphatic rings. The topological polar surface area (TPSA) is 71.4 Å². The molecule has 7 nitrogen and oxygen atoms in total. The Morgan fingerprint density at radius 1 is 1.18 bits per heavy atom. The zero-order valence-corrected chi connectivity index (χ0v) is 19.9. The molecule has 2 bridgehead atoms. The fraction of sp³-hybridized carbons (Fsp3) is 0.615. The summed E-state index contributed by atoms with van der Waals surface area (Å²) in [5.74, 6) is 1.96. The molecule has 1 saturated carbocycles. The summed E-state index contributed by atoms with van der Waals surface area (Å²) in [5.41, 5.74) is 3.31. The third-order valence-electron chi connectivity index (χ3n) is 8.00. The Balaban J connectivity index is 1.21. The average Bonchev–Trinajstić information content (AvgIpc) is 3.25. The lowest BCUT2D eigenvalue weighted by atomic mass is 9.74. The number of aryl methyl sites for hydroxylation is 1. The maximum atomic E-state index is 12.4. The minimum atomic E-state index is 0.00850. The number of fused-ring (bicyclic) bond motifs is 3. The van der Waals surface area contributed by atoms with Gasteiger partial charge in [0.1, 0.15) is 5.75 Å². The molecule has 1 aromatic carbocycles. The van der Waals surface area contributed by atoms with Gasteiger partial charge in [0.15, 0.2) is 0 Å². The lowest BCUT2D eigenvalue weighted by molar-refractivity contribution is 0.0294. The summed E-state index contributed by atoms with van der Waals surface area (Å²) in [5, 5.41) is 11.2. The van der Waals surface area contributed by atoms with E-state index in [9.17, 15) is 4.79 Å². The van der Waals surface area contributed by atoms with Crippen LogP contribution in [0.4, 0.5) is 4.79 Å². The number of hydrogen-bond donors (Lipinski definition) is 2. The zero-order chi connectivity index (χ0) is 22.8. The van der Waals surface area contributed by atoms with Gasteiger partial charge in [-0.15, -0.1) is 0 Å². The van der Waals surface area contributed by atoms with Crippen LogP contribution < -0.4 is 15.4 Å². The molecule has 178 valence electrons. The average molecular weight is 452 g/mol. The number of benzene rings is 1. The number of hydrogen-bond acceptors (Lipinski definition) is 4. The summed E-state index contributed by atoms with van der Waals surface area (Å²) in [6.45, 7) is 2.89. The minimum absolute atomic E-state index is 0.00850. The Labute approximate surface area is 196 Å². The maximum Gasteiger partial charge on any atom is 0.315 e. The van der Waals surface area contributed by atoms with Crippen molar-refractivity contribution in [1.82, 2.24) is 25.3 Å². The van der Waals surface area contributed by atoms with Crippen molar-refractivity contribution >= 4 is 6.03 Å². The maximum absolute atomic E-state index is 12.4. The normalized spacial score (nSPS) is 27.3. The molecular weight excluding hydrogens is 414 g/mol. The highest BCUT2D eigenvalue weighted by molar-refractivity contribution is 5.74. The number of ether oxygens (including phenoxy) is 1. The second-order valence-electron chi connectivity index (χ2n) is 10.0. The molecule has 2 amide bonds. The van der Waals surface area contributed by atoms with Gasteiger partial charge in [0.2, 0.25) is 0 Å². The number of methoxy groups -OCH3 is 1. The summed E-state index contributed by atoms with van der Waals surface area (Å²) in [6, 6.07) is 11.1. The quantitative estimate of drug-likeness (QED) is 0.699. The molecule has 1 aliphatic carbocycles. The van der Waals surface area contributed by atoms with Crippen LogP contribution in [0.1, 0.15) is 56.6 Å². The summed E-state index contributed by atoms with van der Waals surface area (Å²) in [7, 11) is 3.76. The van der Waals surface area contributed by atoms with Crippen LogP contribution in [0.25, 0.3) is 11.3 Å². The van der Waals surface area contributed by atoms with Crippen LogP contribution in [-0.2, 0) is 7.05 Å². The molecule has 33 heavy (non-hydrogen) atoms. The van der Waals surface area contributed by atoms with Crippen molar-refractivity contribution in [2.45, 2.75) is 62.9 Å². The van der Waals surface area contributed by atoms with Crippen LogP contribution >= 0.6 is 0 Å². The second-order valence-corrected chi connectivity index (χ2v) is 10.0. The van der Waals surface area contributed by atoms with Gasteiger partial charge in [-0.1, -0.05) is 31.4 Å². The Kier molecular flexibility index (Phi) is 6.58. The van der Waals surface area contributed by atoms with Crippen molar-refractivity contribution in [3.05, 3.63) is 36.0 Å². The lowest BCUT2D eigenvalue weighted by Gasteiger charge is -2.50. The van der Waals surface area contributed by atoms with Gasteiger partial charge in [0.05, 0.1) is 12.8 Å². The Morgan fingerprint density at radius 2 is 2.00 bits per heavy atom. The Morgan fingerprint density at radius 3 is 2.76 bits per heavy atom. The van der Waals surface area contributed by atoms with E-state index in [4.69, 9.17) is 9.84 Å². The molecule has 4 heterocycles. The van der Waals surface area contributed by atoms with Gasteiger partial charge in [-0.3, -0.25) is 9.58 Å². The van der Waals surface area contributed by atoms with Crippen molar-refractivity contribution < 1.29 is 9.53 Å². The molecule has 2 N–H and O–H groups in total. The van der Waals surface area contributed by atoms with E-state index >= 15 is 0 Å². The number of nitrogens with zero attached hydrogens (tertiary/aromatic N) is 3. The van der Waals surface area contributed by atoms with Crippen molar-refractivity contribution in [2.24, 2.45) is 13.0 Å². The molecule has 3 aliphatic heterocycles. The van der Waals surface area contributed by atoms with Crippen LogP contribution in [-0.4, -0.2) is 59.5 Å². The van der Waals surface area contributed by atoms with Crippen molar-refractivity contribution in [3.63, 3.8) is 0 Å². The SMILES string of the molecule is COc1ccccc1-c1cc([C@@H]2CN3CC[C@H]2C[C@@H]3CNC(=O)NC2CCCCC2)n(C)n1. The number of amides is 2. The van der Waals surface area contributed by atoms with Crippen LogP contribution in [0, 0.1) is 5.92 Å². The molecule has 6 rings (SSSR count). The van der Waals surface area contributed by atoms with E-state index in [2.05, 4.69) is 39.4 Å². The van der Waals surface area contributed by atoms with Gasteiger partial charge >= 0.3 is 6.03 Å². The zero-order valence-electron chi connectivity index (χ0n) is 19.9. The second kappa shape index (κ2) is 9.75. The van der Waals surface area contributed by atoms with Gasteiger partial charge in [-0.05, 0) is 56.3 Å². The fourth-order valence-corrected chi connectivity index (χ4v) is 6.20. The van der Waals surface area contributed by atoms with E-state index in [0.717, 1.165) is 55.9 Å². The Bertz CT molecular complexity index is 967. The van der Waals surface area contributed by atoms with E-state index < -0.39 is 0 Å². The lowest BCUT2D eigenvalue weighted by Crippen LogP contribution is -2.57. The highest BCUT2D eigenvalue weighted by Crippen LogP contribution is 2.42. The van der Waals surface area contributed by atoms with E-state index in [-0.39, 0.29) is 6.03 Å². The van der Waals surface area contributed by atoms with Gasteiger partial charge in [-0.2, -0.15) is 5.10 Å². The van der Waals surface area contributed by atoms with Crippen LogP contribution in [0.2, 0.25) is 0 Å². The molecule has 1 aromatic heterocycles. The molecule has 2 aromatic rings. The molecule has 0 spiro atoms. The van der Waals surface area contributed by atoms with Gasteiger partial charge in [0.25, 0.3) is 0 Å². The van der Waals surface area contributed by atoms with Gasteiger partial charge in [-0.25, -0.2) is 4.79 Å². The minimum Gasteiger partial charge on any atom is -0.496 e. The fourth-order valence-electron chi connectivity index (χ4n) is 6.20. The standard InChI is InChI=1S/C26H37N5O2/c1-30-24(15-23(29-30)21-10-6-7-11-25(21)33-2)22-17-31-13-12-18(22)14-20(31)16-27-26(32)28-19-8-4-3-5-9-19/h6-7,10-11,15,18-20,22H,3-5,8-9,12-14,16-17H2,1-2H3,(H2,27,28,32)/t18-,20+,22+/m0/s1. The number of carbonyl (C=O) groups is 1. The van der Waals surface area contributed by atoms with E-state index in [1.54, 1.807) is 7.11 Å². The van der Waals surface area contributed by atoms with E-state index in [1.807, 2.05) is 18.2 Å². The molecule has 0 radical (unpaired) electrons. The summed E-state index contributed by atoms with van der Waals surface area (Å²) in [6.07, 6.45) is 8.35. The number of piperidine rings is 3. The first kappa shape index (κ1) is 22.3. The first-order chi connectivity index (χ1) is 16.1. The van der Waals surface area contributed by atoms with Gasteiger partial charge < -0.3 is 15.4 Å². The van der Waals surface area contributed by atoms with Crippen molar-refractivity contribution in [3.8, 4) is 17.0 Å². The molecule has 1 unspecified atom stereocenters. The van der Waals surface area contributed by atoms with E-state index in [1.165, 1.54) is 31.4 Å². The van der Waals surface area contributed by atoms with Crippen molar-refractivity contribution in [2.75, 3.05) is 26.7 Å². The highest BCUT2D eigenvalue weighted by atomic mass is 16.5. The third-order valence-corrected chi connectivity index (χ3v) is 8.00. The number of carbonyl (C=O) groups excluding carboxylic acids is 1. The smallest absolute Gasteiger partial charge is 0.315 e. The first-order valence-corrected chi connectivity index (χ1v) is 12.6. The van der Waals surface area contributed by atoms with Gasteiger partial charge in [0, 0.05) is 49.4 Å². The monoisotopic (exact) mass is 451 g/mol. The largest absolute Gasteiger partial charge is 0.496 e. The predicted molar refractivity (Wildman–Crippen MR) is 129 cm³/mol. The summed E-state index contributed by atoms with van der Waals surface area (Å²) in [4.78, 5) is 15.0. The molecule has 3 saturated heterocycles. The number of rotatable bonds is 6. The molecular formula is C26H37N5O2. The van der Waals surface area contributed by atoms with Crippen molar-refractivity contribution in [1.29, 1.82) is 0 Å².